The summed E-state index contributed by atoms with van der Waals surface area (Å²) in [7, 11) is 1.37. The van der Waals surface area contributed by atoms with Gasteiger partial charge >= 0.3 is 18.3 Å². The second kappa shape index (κ2) is 11.8. The minimum Gasteiger partial charge on any atom is -0.491 e. The molecule has 1 aliphatic carbocycles. The van der Waals surface area contributed by atoms with E-state index in [0.29, 0.717) is 29.9 Å². The average molecular weight is 560 g/mol. The molecule has 0 N–H and O–H groups in total. The highest BCUT2D eigenvalue weighted by Crippen LogP contribution is 2.47. The first kappa shape index (κ1) is 29.2. The van der Waals surface area contributed by atoms with E-state index in [0.717, 1.165) is 18.4 Å². The third-order valence-corrected chi connectivity index (χ3v) is 7.28. The van der Waals surface area contributed by atoms with Crippen molar-refractivity contribution in [2.45, 2.75) is 50.7 Å². The quantitative estimate of drug-likeness (QED) is 0.266. The van der Waals surface area contributed by atoms with Crippen molar-refractivity contribution in [1.82, 2.24) is 4.90 Å². The lowest BCUT2D eigenvalue weighted by atomic mass is 9.83. The predicted octanol–water partition coefficient (Wildman–Crippen LogP) is 6.31. The monoisotopic (exact) mass is 559 g/mol. The van der Waals surface area contributed by atoms with Gasteiger partial charge in [0.25, 0.3) is 0 Å². The maximum absolute atomic E-state index is 13.5. The van der Waals surface area contributed by atoms with E-state index >= 15 is 0 Å². The van der Waals surface area contributed by atoms with E-state index in [2.05, 4.69) is 0 Å². The van der Waals surface area contributed by atoms with Crippen LogP contribution in [0.5, 0.6) is 5.75 Å². The molecule has 11 heteroatoms. The largest absolute Gasteiger partial charge is 0.491 e. The SMILES string of the molecule is COC(=O)C(C)C(c1cccc(OCC2CN(Cc3cc(C(F)(F)F)ccc3C(F)(F)F)CCO2)c1)C1CC1. The second-order valence-electron chi connectivity index (χ2n) is 10.2. The zero-order valence-electron chi connectivity index (χ0n) is 21.6. The summed E-state index contributed by atoms with van der Waals surface area (Å²) in [5.74, 6) is 0.363. The Morgan fingerprint density at radius 3 is 2.46 bits per heavy atom. The van der Waals surface area contributed by atoms with Crippen molar-refractivity contribution < 1.29 is 45.3 Å². The number of benzene rings is 2. The first-order chi connectivity index (χ1) is 18.4. The molecule has 1 saturated heterocycles. The molecule has 214 valence electrons. The van der Waals surface area contributed by atoms with Crippen LogP contribution >= 0.6 is 0 Å². The van der Waals surface area contributed by atoms with Crippen LogP contribution in [-0.4, -0.2) is 50.4 Å². The molecular weight excluding hydrogens is 528 g/mol. The Morgan fingerprint density at radius 1 is 1.08 bits per heavy atom. The first-order valence-electron chi connectivity index (χ1n) is 12.8. The summed E-state index contributed by atoms with van der Waals surface area (Å²) in [6.45, 7) is 2.32. The van der Waals surface area contributed by atoms with Gasteiger partial charge in [-0.15, -0.1) is 0 Å². The van der Waals surface area contributed by atoms with E-state index < -0.39 is 35.1 Å². The topological polar surface area (TPSA) is 48.0 Å². The number of hydrogen-bond donors (Lipinski definition) is 0. The van der Waals surface area contributed by atoms with Crippen LogP contribution in [0.1, 0.15) is 47.9 Å². The van der Waals surface area contributed by atoms with Crippen LogP contribution in [0.3, 0.4) is 0 Å². The summed E-state index contributed by atoms with van der Waals surface area (Å²) in [6.07, 6.45) is -7.95. The van der Waals surface area contributed by atoms with Crippen molar-refractivity contribution >= 4 is 5.97 Å². The number of rotatable bonds is 9. The molecule has 1 heterocycles. The Balaban J connectivity index is 1.42. The minimum atomic E-state index is -4.77. The molecule has 39 heavy (non-hydrogen) atoms. The highest BCUT2D eigenvalue weighted by Gasteiger charge is 2.40. The van der Waals surface area contributed by atoms with E-state index in [1.807, 2.05) is 25.1 Å². The number of hydrogen-bond acceptors (Lipinski definition) is 5. The number of methoxy groups -OCH3 is 1. The molecule has 4 rings (SSSR count). The fourth-order valence-electron chi connectivity index (χ4n) is 5.20. The van der Waals surface area contributed by atoms with Crippen LogP contribution in [0.2, 0.25) is 0 Å². The summed E-state index contributed by atoms with van der Waals surface area (Å²) in [4.78, 5) is 13.8. The third-order valence-electron chi connectivity index (χ3n) is 7.28. The molecule has 3 unspecified atom stereocenters. The molecule has 2 aromatic rings. The third kappa shape index (κ3) is 7.45. The first-order valence-corrected chi connectivity index (χ1v) is 12.8. The number of halogens is 6. The van der Waals surface area contributed by atoms with Crippen LogP contribution in [0.25, 0.3) is 0 Å². The highest BCUT2D eigenvalue weighted by atomic mass is 19.4. The van der Waals surface area contributed by atoms with Crippen molar-refractivity contribution in [3.05, 3.63) is 64.7 Å². The molecule has 1 saturated carbocycles. The van der Waals surface area contributed by atoms with Gasteiger partial charge in [-0.25, -0.2) is 0 Å². The standard InChI is InChI=1S/C28H31F6NO4/c1-17(26(36)37-2)25(18-6-7-18)19-4-3-5-22(13-19)39-16-23-15-35(10-11-38-23)14-20-12-21(27(29,30)31)8-9-24(20)28(32,33)34/h3-5,8-9,12-13,17-18,23,25H,6-7,10-11,14-16H2,1-2H3. The lowest BCUT2D eigenvalue weighted by Gasteiger charge is -2.33. The van der Waals surface area contributed by atoms with Crippen molar-refractivity contribution in [2.24, 2.45) is 11.8 Å². The molecule has 3 atom stereocenters. The van der Waals surface area contributed by atoms with E-state index in [1.54, 1.807) is 11.0 Å². The highest BCUT2D eigenvalue weighted by molar-refractivity contribution is 5.73. The van der Waals surface area contributed by atoms with Gasteiger partial charge in [0.15, 0.2) is 0 Å². The van der Waals surface area contributed by atoms with Crippen molar-refractivity contribution in [3.8, 4) is 5.75 Å². The molecule has 2 aliphatic rings. The van der Waals surface area contributed by atoms with E-state index in [4.69, 9.17) is 14.2 Å². The summed E-state index contributed by atoms with van der Waals surface area (Å²) in [5, 5.41) is 0. The molecule has 2 fully saturated rings. The Bertz CT molecular complexity index is 1150. The van der Waals surface area contributed by atoms with Crippen molar-refractivity contribution in [2.75, 3.05) is 33.4 Å². The summed E-state index contributed by atoms with van der Waals surface area (Å²) in [5.41, 5.74) is -1.68. The lowest BCUT2D eigenvalue weighted by molar-refractivity contribution is -0.146. The minimum absolute atomic E-state index is 0.00212. The summed E-state index contributed by atoms with van der Waals surface area (Å²) in [6, 6.07) is 8.95. The number of alkyl halides is 6. The molecule has 0 bridgehead atoms. The summed E-state index contributed by atoms with van der Waals surface area (Å²) < 4.78 is 96.6. The van der Waals surface area contributed by atoms with Gasteiger partial charge < -0.3 is 14.2 Å². The van der Waals surface area contributed by atoms with Crippen molar-refractivity contribution in [1.29, 1.82) is 0 Å². The van der Waals surface area contributed by atoms with E-state index in [1.165, 1.54) is 7.11 Å². The molecule has 0 aromatic heterocycles. The van der Waals surface area contributed by atoms with Crippen molar-refractivity contribution in [3.63, 3.8) is 0 Å². The fourth-order valence-corrected chi connectivity index (χ4v) is 5.20. The van der Waals surface area contributed by atoms with Gasteiger partial charge in [-0.2, -0.15) is 26.3 Å². The smallest absolute Gasteiger partial charge is 0.416 e. The molecular formula is C28H31F6NO4. The molecule has 0 amide bonds. The number of carbonyl (C=O) groups excluding carboxylic acids is 1. The zero-order valence-corrected chi connectivity index (χ0v) is 21.6. The lowest BCUT2D eigenvalue weighted by Crippen LogP contribution is -2.44. The predicted molar refractivity (Wildman–Crippen MR) is 130 cm³/mol. The van der Waals surface area contributed by atoms with Crippen LogP contribution in [-0.2, 0) is 33.2 Å². The molecule has 2 aromatic carbocycles. The zero-order chi connectivity index (χ0) is 28.4. The summed E-state index contributed by atoms with van der Waals surface area (Å²) >= 11 is 0. The number of carbonyl (C=O) groups is 1. The molecule has 5 nitrogen and oxygen atoms in total. The molecule has 0 spiro atoms. The number of ether oxygens (including phenoxy) is 3. The van der Waals surface area contributed by atoms with E-state index in [9.17, 15) is 31.1 Å². The second-order valence-corrected chi connectivity index (χ2v) is 10.2. The van der Waals surface area contributed by atoms with Gasteiger partial charge in [-0.3, -0.25) is 9.69 Å². The van der Waals surface area contributed by atoms with Gasteiger partial charge in [0.1, 0.15) is 18.5 Å². The molecule has 0 radical (unpaired) electrons. The van der Waals surface area contributed by atoms with Gasteiger partial charge in [0.2, 0.25) is 0 Å². The average Bonchev–Trinajstić information content (AvgIpc) is 3.71. The number of morpholine rings is 1. The van der Waals surface area contributed by atoms with Gasteiger partial charge in [0, 0.05) is 19.6 Å². The fraction of sp³-hybridized carbons (Fsp3) is 0.536. The van der Waals surface area contributed by atoms with E-state index in [-0.39, 0.29) is 50.7 Å². The maximum atomic E-state index is 13.5. The van der Waals surface area contributed by atoms with Gasteiger partial charge in [-0.1, -0.05) is 19.1 Å². The normalized spacial score (nSPS) is 20.4. The maximum Gasteiger partial charge on any atom is 0.416 e. The number of esters is 1. The Morgan fingerprint density at radius 2 is 1.82 bits per heavy atom. The molecule has 1 aliphatic heterocycles. The Hall–Kier alpha value is -2.79. The Labute approximate surface area is 223 Å². The Kier molecular flexibility index (Phi) is 8.80. The van der Waals surface area contributed by atoms with Gasteiger partial charge in [-0.05, 0) is 66.1 Å². The number of nitrogens with zero attached hydrogens (tertiary/aromatic N) is 1. The van der Waals surface area contributed by atoms with Crippen LogP contribution in [0.15, 0.2) is 42.5 Å². The van der Waals surface area contributed by atoms with Crippen LogP contribution in [0, 0.1) is 11.8 Å². The van der Waals surface area contributed by atoms with Gasteiger partial charge in [0.05, 0.1) is 30.8 Å². The van der Waals surface area contributed by atoms with Crippen LogP contribution < -0.4 is 4.74 Å². The van der Waals surface area contributed by atoms with Crippen LogP contribution in [0.4, 0.5) is 26.3 Å².